The molecule has 0 radical (unpaired) electrons. The normalized spacial score (nSPS) is 14.1. The highest BCUT2D eigenvalue weighted by atomic mass is 16.2. The molecule has 154 valence electrons. The molecule has 0 spiro atoms. The van der Waals surface area contributed by atoms with Gasteiger partial charge in [-0.3, -0.25) is 9.78 Å². The van der Waals surface area contributed by atoms with E-state index >= 15 is 0 Å². The number of hydrogen-bond donors (Lipinski definition) is 0. The van der Waals surface area contributed by atoms with Crippen LogP contribution in [-0.4, -0.2) is 26.8 Å². The summed E-state index contributed by atoms with van der Waals surface area (Å²) in [5.74, 6) is 0.0633. The highest BCUT2D eigenvalue weighted by Crippen LogP contribution is 2.30. The van der Waals surface area contributed by atoms with Crippen molar-refractivity contribution in [3.05, 3.63) is 96.3 Å². The average molecular weight is 408 g/mol. The molecule has 0 N–H and O–H groups in total. The molecule has 31 heavy (non-hydrogen) atoms. The topological polar surface area (TPSA) is 46.1 Å². The molecule has 1 fully saturated rings. The van der Waals surface area contributed by atoms with Crippen LogP contribution in [0.2, 0.25) is 0 Å². The first-order valence-electron chi connectivity index (χ1n) is 10.9. The Morgan fingerprint density at radius 1 is 0.935 bits per heavy atom. The van der Waals surface area contributed by atoms with Gasteiger partial charge in [0.2, 0.25) is 0 Å². The van der Waals surface area contributed by atoms with E-state index in [4.69, 9.17) is 4.98 Å². The number of carbonyl (C=O) groups is 1. The predicted molar refractivity (Wildman–Crippen MR) is 124 cm³/mol. The van der Waals surface area contributed by atoms with E-state index in [0.717, 1.165) is 40.6 Å². The number of carbonyl (C=O) groups excluding carboxylic acids is 1. The molecule has 0 saturated heterocycles. The lowest BCUT2D eigenvalue weighted by Crippen LogP contribution is -2.38. The van der Waals surface area contributed by atoms with Crippen LogP contribution in [0.4, 0.5) is 0 Å². The molecule has 1 aliphatic rings. The second kappa shape index (κ2) is 8.68. The minimum atomic E-state index is 0.0633. The van der Waals surface area contributed by atoms with Crippen LogP contribution < -0.4 is 0 Å². The molecule has 0 aliphatic heterocycles. The van der Waals surface area contributed by atoms with Crippen LogP contribution in [0.15, 0.2) is 85.2 Å². The third-order valence-corrected chi connectivity index (χ3v) is 6.13. The van der Waals surface area contributed by atoms with Gasteiger partial charge in [-0.25, -0.2) is 4.98 Å². The molecular formula is C27H25N3O. The Kier molecular flexibility index (Phi) is 5.44. The zero-order chi connectivity index (χ0) is 21.0. The van der Waals surface area contributed by atoms with Gasteiger partial charge in [0.1, 0.15) is 0 Å². The maximum absolute atomic E-state index is 14.0. The van der Waals surface area contributed by atoms with Gasteiger partial charge in [0.05, 0.1) is 16.8 Å². The molecule has 4 heteroatoms. The van der Waals surface area contributed by atoms with Crippen molar-refractivity contribution in [2.45, 2.75) is 38.3 Å². The van der Waals surface area contributed by atoms with Gasteiger partial charge < -0.3 is 4.90 Å². The van der Waals surface area contributed by atoms with Crippen LogP contribution in [0.3, 0.4) is 0 Å². The fraction of sp³-hybridized carbons (Fsp3) is 0.222. The van der Waals surface area contributed by atoms with E-state index in [-0.39, 0.29) is 11.9 Å². The Bertz CT molecular complexity index is 1190. The molecule has 2 heterocycles. The van der Waals surface area contributed by atoms with Gasteiger partial charge in [-0.2, -0.15) is 0 Å². The maximum atomic E-state index is 14.0. The van der Waals surface area contributed by atoms with E-state index in [0.29, 0.717) is 12.1 Å². The highest BCUT2D eigenvalue weighted by molar-refractivity contribution is 6.07. The first-order chi connectivity index (χ1) is 15.3. The van der Waals surface area contributed by atoms with Crippen molar-refractivity contribution < 1.29 is 4.79 Å². The summed E-state index contributed by atoms with van der Waals surface area (Å²) >= 11 is 0. The van der Waals surface area contributed by atoms with E-state index in [1.807, 2.05) is 60.7 Å². The summed E-state index contributed by atoms with van der Waals surface area (Å²) in [4.78, 5) is 25.2. The minimum Gasteiger partial charge on any atom is -0.331 e. The molecule has 0 atom stereocenters. The van der Waals surface area contributed by atoms with Gasteiger partial charge >= 0.3 is 0 Å². The molecule has 2 aromatic carbocycles. The number of fused-ring (bicyclic) bond motifs is 1. The van der Waals surface area contributed by atoms with E-state index in [1.165, 1.54) is 12.8 Å². The Morgan fingerprint density at radius 2 is 1.65 bits per heavy atom. The maximum Gasteiger partial charge on any atom is 0.255 e. The average Bonchev–Trinajstić information content (AvgIpc) is 3.37. The Morgan fingerprint density at radius 3 is 2.39 bits per heavy atom. The Labute approximate surface area is 182 Å². The van der Waals surface area contributed by atoms with Gasteiger partial charge in [-0.1, -0.05) is 73.5 Å². The van der Waals surface area contributed by atoms with Crippen molar-refractivity contribution in [2.75, 3.05) is 0 Å². The van der Waals surface area contributed by atoms with Crippen molar-refractivity contribution >= 4 is 16.8 Å². The summed E-state index contributed by atoms with van der Waals surface area (Å²) in [6, 6.07) is 24.4. The fourth-order valence-corrected chi connectivity index (χ4v) is 4.52. The lowest BCUT2D eigenvalue weighted by Gasteiger charge is -2.30. The molecule has 1 saturated carbocycles. The first-order valence-corrected chi connectivity index (χ1v) is 10.9. The van der Waals surface area contributed by atoms with Crippen LogP contribution in [0.5, 0.6) is 0 Å². The van der Waals surface area contributed by atoms with Gasteiger partial charge in [0.25, 0.3) is 5.91 Å². The summed E-state index contributed by atoms with van der Waals surface area (Å²) in [6.45, 7) is 0.620. The molecule has 1 amide bonds. The second-order valence-corrected chi connectivity index (χ2v) is 8.17. The Hall–Kier alpha value is -3.53. The lowest BCUT2D eigenvalue weighted by molar-refractivity contribution is 0.0666. The fourth-order valence-electron chi connectivity index (χ4n) is 4.52. The Balaban J connectivity index is 1.60. The largest absolute Gasteiger partial charge is 0.331 e. The lowest BCUT2D eigenvalue weighted by atomic mass is 10.0. The summed E-state index contributed by atoms with van der Waals surface area (Å²) in [6.07, 6.45) is 7.97. The monoisotopic (exact) mass is 407 g/mol. The van der Waals surface area contributed by atoms with Crippen molar-refractivity contribution in [1.82, 2.24) is 14.9 Å². The molecular weight excluding hydrogens is 382 g/mol. The zero-order valence-electron chi connectivity index (χ0n) is 17.4. The summed E-state index contributed by atoms with van der Waals surface area (Å²) in [5, 5.41) is 0.809. The van der Waals surface area contributed by atoms with Crippen LogP contribution in [0, 0.1) is 0 Å². The van der Waals surface area contributed by atoms with Crippen molar-refractivity contribution in [1.29, 1.82) is 0 Å². The van der Waals surface area contributed by atoms with Gasteiger partial charge in [-0.05, 0) is 30.5 Å². The van der Waals surface area contributed by atoms with Crippen LogP contribution in [0.25, 0.3) is 22.2 Å². The number of amides is 1. The SMILES string of the molecule is O=C(c1cc(-c2ccccc2)nc2ccncc12)N(Cc1ccccc1)C1CCCC1. The number of pyridine rings is 2. The second-order valence-electron chi connectivity index (χ2n) is 8.17. The highest BCUT2D eigenvalue weighted by Gasteiger charge is 2.29. The van der Waals surface area contributed by atoms with E-state index in [2.05, 4.69) is 22.0 Å². The van der Waals surface area contributed by atoms with Crippen molar-refractivity contribution in [3.8, 4) is 11.3 Å². The quantitative estimate of drug-likeness (QED) is 0.415. The molecule has 2 aromatic heterocycles. The number of nitrogens with zero attached hydrogens (tertiary/aromatic N) is 3. The third kappa shape index (κ3) is 4.06. The van der Waals surface area contributed by atoms with Gasteiger partial charge in [-0.15, -0.1) is 0 Å². The molecule has 5 rings (SSSR count). The summed E-state index contributed by atoms with van der Waals surface area (Å²) in [7, 11) is 0. The molecule has 1 aliphatic carbocycles. The summed E-state index contributed by atoms with van der Waals surface area (Å²) in [5.41, 5.74) is 4.45. The number of hydrogen-bond acceptors (Lipinski definition) is 3. The van der Waals surface area contributed by atoms with Crippen molar-refractivity contribution in [2.24, 2.45) is 0 Å². The van der Waals surface area contributed by atoms with E-state index in [1.54, 1.807) is 12.4 Å². The van der Waals surface area contributed by atoms with Crippen LogP contribution in [0.1, 0.15) is 41.6 Å². The third-order valence-electron chi connectivity index (χ3n) is 6.13. The number of aromatic nitrogens is 2. The predicted octanol–water partition coefficient (Wildman–Crippen LogP) is 5.88. The van der Waals surface area contributed by atoms with Crippen LogP contribution >= 0.6 is 0 Å². The van der Waals surface area contributed by atoms with Crippen LogP contribution in [-0.2, 0) is 6.54 Å². The first kappa shape index (κ1) is 19.4. The number of rotatable bonds is 5. The summed E-state index contributed by atoms with van der Waals surface area (Å²) < 4.78 is 0. The van der Waals surface area contributed by atoms with E-state index in [9.17, 15) is 4.79 Å². The number of benzene rings is 2. The molecule has 0 unspecified atom stereocenters. The molecule has 0 bridgehead atoms. The molecule has 4 nitrogen and oxygen atoms in total. The molecule has 4 aromatic rings. The van der Waals surface area contributed by atoms with Crippen molar-refractivity contribution in [3.63, 3.8) is 0 Å². The minimum absolute atomic E-state index is 0.0633. The van der Waals surface area contributed by atoms with E-state index < -0.39 is 0 Å². The van der Waals surface area contributed by atoms with Gasteiger partial charge in [0, 0.05) is 35.9 Å². The smallest absolute Gasteiger partial charge is 0.255 e. The zero-order valence-corrected chi connectivity index (χ0v) is 17.4. The standard InChI is InChI=1S/C27H25N3O/c31-27(30(22-13-7-8-14-22)19-20-9-3-1-4-10-20)23-17-26(21-11-5-2-6-12-21)29-25-15-16-28-18-24(23)25/h1-6,9-12,15-18,22H,7-8,13-14,19H2. The van der Waals surface area contributed by atoms with Gasteiger partial charge in [0.15, 0.2) is 0 Å².